The molecule has 1 unspecified atom stereocenters. The number of carbonyl (C=O) groups excluding carboxylic acids is 1. The van der Waals surface area contributed by atoms with E-state index in [-0.39, 0.29) is 36.4 Å². The summed E-state index contributed by atoms with van der Waals surface area (Å²) in [4.78, 5) is 18.7. The summed E-state index contributed by atoms with van der Waals surface area (Å²) in [5.74, 6) is 0.575. The highest BCUT2D eigenvalue weighted by molar-refractivity contribution is 14.0. The number of anilines is 1. The number of guanidine groups is 1. The van der Waals surface area contributed by atoms with E-state index in [1.165, 1.54) is 25.8 Å². The Kier molecular flexibility index (Phi) is 11.3. The first-order valence-electron chi connectivity index (χ1n) is 9.22. The molecule has 1 atom stereocenters. The third kappa shape index (κ3) is 8.35. The fraction of sp³-hybridized carbons (Fsp3) is 0.579. The van der Waals surface area contributed by atoms with E-state index in [4.69, 9.17) is 0 Å². The molecule has 146 valence electrons. The van der Waals surface area contributed by atoms with Gasteiger partial charge in [-0.3, -0.25) is 9.79 Å². The third-order valence-corrected chi connectivity index (χ3v) is 4.55. The second-order valence-corrected chi connectivity index (χ2v) is 6.50. The molecule has 1 saturated heterocycles. The second kappa shape index (κ2) is 12.9. The normalized spacial score (nSPS) is 17.9. The highest BCUT2D eigenvalue weighted by Crippen LogP contribution is 2.15. The Bertz CT molecular complexity index is 552. The Hall–Kier alpha value is -1.35. The minimum Gasteiger partial charge on any atom is -0.356 e. The van der Waals surface area contributed by atoms with Gasteiger partial charge in [0.15, 0.2) is 5.96 Å². The third-order valence-electron chi connectivity index (χ3n) is 4.55. The molecular weight excluding hydrogens is 441 g/mol. The van der Waals surface area contributed by atoms with Crippen LogP contribution in [0.3, 0.4) is 0 Å². The van der Waals surface area contributed by atoms with Gasteiger partial charge in [0.05, 0.1) is 6.54 Å². The van der Waals surface area contributed by atoms with Crippen LogP contribution in [-0.4, -0.2) is 56.0 Å². The number of carbonyl (C=O) groups is 1. The van der Waals surface area contributed by atoms with Crippen LogP contribution in [0, 0.1) is 0 Å². The van der Waals surface area contributed by atoms with Gasteiger partial charge in [-0.05, 0) is 44.9 Å². The topological polar surface area (TPSA) is 68.8 Å². The van der Waals surface area contributed by atoms with Crippen LogP contribution in [0.2, 0.25) is 0 Å². The smallest absolute Gasteiger partial charge is 0.243 e. The minimum absolute atomic E-state index is 0. The molecule has 26 heavy (non-hydrogen) atoms. The maximum absolute atomic E-state index is 11.9. The van der Waals surface area contributed by atoms with Crippen molar-refractivity contribution in [2.45, 2.75) is 38.6 Å². The molecule has 1 amide bonds. The minimum atomic E-state index is -0.0868. The van der Waals surface area contributed by atoms with Crippen molar-refractivity contribution >= 4 is 41.5 Å². The van der Waals surface area contributed by atoms with Crippen molar-refractivity contribution in [1.29, 1.82) is 0 Å². The number of benzene rings is 1. The van der Waals surface area contributed by atoms with Gasteiger partial charge < -0.3 is 20.9 Å². The lowest BCUT2D eigenvalue weighted by Crippen LogP contribution is -2.43. The van der Waals surface area contributed by atoms with Gasteiger partial charge in [-0.15, -0.1) is 24.0 Å². The van der Waals surface area contributed by atoms with E-state index >= 15 is 0 Å². The van der Waals surface area contributed by atoms with Crippen molar-refractivity contribution in [2.24, 2.45) is 4.99 Å². The molecule has 3 N–H and O–H groups in total. The number of hydrogen-bond donors (Lipinski definition) is 3. The maximum atomic E-state index is 11.9. The van der Waals surface area contributed by atoms with Gasteiger partial charge in [-0.25, -0.2) is 0 Å². The summed E-state index contributed by atoms with van der Waals surface area (Å²) in [5, 5.41) is 9.17. The first-order chi connectivity index (χ1) is 12.2. The van der Waals surface area contributed by atoms with Crippen molar-refractivity contribution in [3.05, 3.63) is 30.3 Å². The van der Waals surface area contributed by atoms with Gasteiger partial charge >= 0.3 is 0 Å². The SMILES string of the molecule is CN=C(NCCCN1CCCCC1C)NCC(=O)Nc1ccccc1.I. The number of amides is 1. The quantitative estimate of drug-likeness (QED) is 0.247. The van der Waals surface area contributed by atoms with Crippen molar-refractivity contribution in [3.8, 4) is 0 Å². The number of nitrogens with one attached hydrogen (secondary N) is 3. The van der Waals surface area contributed by atoms with E-state index in [1.54, 1.807) is 7.05 Å². The van der Waals surface area contributed by atoms with Crippen LogP contribution in [0.25, 0.3) is 0 Å². The molecule has 0 aromatic heterocycles. The number of para-hydroxylation sites is 1. The molecule has 7 heteroatoms. The largest absolute Gasteiger partial charge is 0.356 e. The van der Waals surface area contributed by atoms with Crippen LogP contribution in [0.15, 0.2) is 35.3 Å². The Balaban J connectivity index is 0.00000338. The molecule has 1 aromatic rings. The first kappa shape index (κ1) is 22.7. The number of nitrogens with zero attached hydrogens (tertiary/aromatic N) is 2. The zero-order valence-electron chi connectivity index (χ0n) is 15.8. The molecule has 1 aliphatic rings. The Morgan fingerprint density at radius 3 is 2.69 bits per heavy atom. The summed E-state index contributed by atoms with van der Waals surface area (Å²) in [6, 6.07) is 10.1. The maximum Gasteiger partial charge on any atom is 0.243 e. The predicted octanol–water partition coefficient (Wildman–Crippen LogP) is 2.67. The van der Waals surface area contributed by atoms with Crippen LogP contribution in [0.4, 0.5) is 5.69 Å². The molecule has 0 radical (unpaired) electrons. The molecule has 1 aliphatic heterocycles. The van der Waals surface area contributed by atoms with E-state index in [0.29, 0.717) is 12.0 Å². The van der Waals surface area contributed by atoms with Crippen molar-refractivity contribution in [3.63, 3.8) is 0 Å². The standard InChI is InChI=1S/C19H31N5O.HI/c1-16-9-6-7-13-24(16)14-8-12-21-19(20-2)22-15-18(25)23-17-10-4-3-5-11-17;/h3-5,10-11,16H,6-9,12-15H2,1-2H3,(H,23,25)(H2,20,21,22);1H. The van der Waals surface area contributed by atoms with Gasteiger partial charge in [0.2, 0.25) is 5.91 Å². The average molecular weight is 473 g/mol. The lowest BCUT2D eigenvalue weighted by Gasteiger charge is -2.33. The molecule has 0 bridgehead atoms. The molecule has 0 spiro atoms. The van der Waals surface area contributed by atoms with Crippen LogP contribution in [0.5, 0.6) is 0 Å². The number of likely N-dealkylation sites (tertiary alicyclic amines) is 1. The molecule has 1 heterocycles. The molecule has 1 aromatic carbocycles. The Labute approximate surface area is 174 Å². The first-order valence-corrected chi connectivity index (χ1v) is 9.22. The highest BCUT2D eigenvalue weighted by Gasteiger charge is 2.17. The van der Waals surface area contributed by atoms with Gasteiger partial charge in [-0.1, -0.05) is 24.6 Å². The zero-order valence-corrected chi connectivity index (χ0v) is 18.2. The molecule has 1 fully saturated rings. The van der Waals surface area contributed by atoms with Gasteiger partial charge in [0.25, 0.3) is 0 Å². The molecule has 0 aliphatic carbocycles. The number of piperidine rings is 1. The molecule has 0 saturated carbocycles. The van der Waals surface area contributed by atoms with E-state index in [1.807, 2.05) is 30.3 Å². The summed E-state index contributed by atoms with van der Waals surface area (Å²) in [6.07, 6.45) is 5.06. The number of hydrogen-bond acceptors (Lipinski definition) is 3. The van der Waals surface area contributed by atoms with Gasteiger partial charge in [-0.2, -0.15) is 0 Å². The van der Waals surface area contributed by atoms with Crippen molar-refractivity contribution in [1.82, 2.24) is 15.5 Å². The summed E-state index contributed by atoms with van der Waals surface area (Å²) in [6.45, 7) is 5.69. The lowest BCUT2D eigenvalue weighted by molar-refractivity contribution is -0.115. The predicted molar refractivity (Wildman–Crippen MR) is 119 cm³/mol. The van der Waals surface area contributed by atoms with Crippen LogP contribution in [-0.2, 0) is 4.79 Å². The van der Waals surface area contributed by atoms with E-state index < -0.39 is 0 Å². The number of halogens is 1. The molecular formula is C19H32IN5O. The second-order valence-electron chi connectivity index (χ2n) is 6.50. The fourth-order valence-electron chi connectivity index (χ4n) is 3.09. The number of aliphatic imine (C=N–C) groups is 1. The Morgan fingerprint density at radius 2 is 2.00 bits per heavy atom. The summed E-state index contributed by atoms with van der Waals surface area (Å²) >= 11 is 0. The van der Waals surface area contributed by atoms with E-state index in [9.17, 15) is 4.79 Å². The monoisotopic (exact) mass is 473 g/mol. The molecule has 2 rings (SSSR count). The van der Waals surface area contributed by atoms with E-state index in [0.717, 1.165) is 25.2 Å². The van der Waals surface area contributed by atoms with Crippen molar-refractivity contribution in [2.75, 3.05) is 38.5 Å². The average Bonchev–Trinajstić information content (AvgIpc) is 2.63. The van der Waals surface area contributed by atoms with Crippen LogP contribution < -0.4 is 16.0 Å². The highest BCUT2D eigenvalue weighted by atomic mass is 127. The van der Waals surface area contributed by atoms with Crippen LogP contribution >= 0.6 is 24.0 Å². The van der Waals surface area contributed by atoms with E-state index in [2.05, 4.69) is 32.8 Å². The van der Waals surface area contributed by atoms with Crippen LogP contribution in [0.1, 0.15) is 32.6 Å². The Morgan fingerprint density at radius 1 is 1.23 bits per heavy atom. The summed E-state index contributed by atoms with van der Waals surface area (Å²) < 4.78 is 0. The summed E-state index contributed by atoms with van der Waals surface area (Å²) in [7, 11) is 1.72. The van der Waals surface area contributed by atoms with Gasteiger partial charge in [0.1, 0.15) is 0 Å². The van der Waals surface area contributed by atoms with Crippen molar-refractivity contribution < 1.29 is 4.79 Å². The zero-order chi connectivity index (χ0) is 17.9. The summed E-state index contributed by atoms with van der Waals surface area (Å²) in [5.41, 5.74) is 0.799. The van der Waals surface area contributed by atoms with Gasteiger partial charge in [0, 0.05) is 31.9 Å². The fourth-order valence-corrected chi connectivity index (χ4v) is 3.09. The number of rotatable bonds is 7. The molecule has 6 nitrogen and oxygen atoms in total. The lowest BCUT2D eigenvalue weighted by atomic mass is 10.0.